The van der Waals surface area contributed by atoms with Gasteiger partial charge in [-0.1, -0.05) is 42.5 Å². The Balaban J connectivity index is 0.000000114. The van der Waals surface area contributed by atoms with Crippen molar-refractivity contribution in [3.8, 4) is 33.4 Å². The number of aromatic nitrogens is 4. The summed E-state index contributed by atoms with van der Waals surface area (Å²) in [6, 6.07) is 32.4. The van der Waals surface area contributed by atoms with E-state index in [1.165, 1.54) is 36.4 Å². The van der Waals surface area contributed by atoms with E-state index in [0.717, 1.165) is 214 Å². The smallest absolute Gasteiger partial charge is 0.267 e. The van der Waals surface area contributed by atoms with Crippen molar-refractivity contribution in [2.24, 2.45) is 78.7 Å². The number of likely N-dealkylation sites (N-methyl/N-ethyl adjacent to an activating group) is 4. The topological polar surface area (TPSA) is 351 Å². The molecule has 8 N–H and O–H groups in total. The van der Waals surface area contributed by atoms with E-state index in [2.05, 4.69) is 46.5 Å². The van der Waals surface area contributed by atoms with Crippen LogP contribution in [-0.2, 0) is 100 Å². The molecule has 20 rings (SSSR count). The lowest BCUT2D eigenvalue weighted by Gasteiger charge is -2.45. The second kappa shape index (κ2) is 29.6. The van der Waals surface area contributed by atoms with Gasteiger partial charge in [0.05, 0.1) is 30.6 Å². The average Bonchev–Trinajstić information content (AvgIpc) is 1.54. The lowest BCUT2D eigenvalue weighted by molar-refractivity contribution is -0.138. The maximum absolute atomic E-state index is 14.0. The standard InChI is InChI=1S/C26H30N4O3.C24H28N4O3.C23H27N5O3.C18H22FN3O2/c1-29-23(32)26(28-24(29)27)21-13-16(17-9-12-30(19-5-6-19)22(31)14-17)3-4-18(21)15-25(26)10-7-20(33-2)8-11-25;1-27-11-8-16(13-20(27)29)15-4-5-17-14-23(9-6-18(31-3)7-10-23)24(19(17)12-15)21(30)28(2)22(25)26-24;1-27-20(30)23(26-21(27)24)18-10-14(16-11-19(29)28(2)25-13-16)4-5-15(18)12-22(23)8-6-17(31-3)7-9-22;1-22-15(23)18(21-16(22)20)14-9-12(19)4-3-11(14)10-17(18)7-5-13(24-2)6-8-17/h3-4,9,12-14,19-20H,5-8,10-11,15H2,1-2H3,(H2,27,28);4-5,8,11-13,18H,6-7,9-10,14H2,1-3H3,(H2,25,26);4-5,10-11,13,17H,6-9,12H2,1-3H3,(H2,24,26);3-4,9,13H,5-8,10H2,1-2H3,(H2,20,21). The minimum absolute atomic E-state index is 0.0264. The molecule has 0 bridgehead atoms. The van der Waals surface area contributed by atoms with Crippen LogP contribution in [0.2, 0.25) is 0 Å². The zero-order valence-corrected chi connectivity index (χ0v) is 69.5. The van der Waals surface area contributed by atoms with E-state index in [0.29, 0.717) is 11.6 Å². The third-order valence-electron chi connectivity index (χ3n) is 30.0. The van der Waals surface area contributed by atoms with Crippen LogP contribution in [0.4, 0.5) is 4.39 Å². The van der Waals surface area contributed by atoms with Gasteiger partial charge in [0.15, 0.2) is 46.0 Å². The summed E-state index contributed by atoms with van der Waals surface area (Å²) in [7, 11) is 17.1. The minimum atomic E-state index is -1.08. The SMILES string of the molecule is COC1CCC2(CC1)Cc1ccc(-c3ccn(C)c(=O)c3)cc1C21N=C(N)N(C)C1=O.COC1CCC2(CC1)Cc1ccc(-c3ccn(C4CC4)c(=O)c3)cc1C21N=C(N)N(C)C1=O.COC1CCC2(CC1)Cc1ccc(-c3cnn(C)c(=O)c3)cc1C21N=C(N)N(C)C1=O.COC1CCC2(CC1)Cc1ccc(F)cc1C21N=C(N)N(C)C1=O. The Morgan fingerprint density at radius 1 is 0.353 bits per heavy atom. The molecular formula is C91H107FN16O11. The third kappa shape index (κ3) is 12.2. The van der Waals surface area contributed by atoms with Crippen LogP contribution in [0.1, 0.15) is 166 Å². The van der Waals surface area contributed by atoms with Crippen molar-refractivity contribution in [2.45, 2.75) is 194 Å². The van der Waals surface area contributed by atoms with Gasteiger partial charge in [0.25, 0.3) is 40.3 Å². The van der Waals surface area contributed by atoms with Gasteiger partial charge >= 0.3 is 0 Å². The number of aryl methyl sites for hydroxylation is 2. The van der Waals surface area contributed by atoms with E-state index in [4.69, 9.17) is 56.9 Å². The van der Waals surface area contributed by atoms with E-state index in [-0.39, 0.29) is 116 Å². The molecule has 4 unspecified atom stereocenters. The molecule has 4 aromatic carbocycles. The molecule has 9 aliphatic carbocycles. The number of methoxy groups -OCH3 is 4. The summed E-state index contributed by atoms with van der Waals surface area (Å²) in [5.74, 6) is 0.364. The zero-order valence-electron chi connectivity index (χ0n) is 69.5. The maximum Gasteiger partial charge on any atom is 0.267 e. The first-order valence-electron chi connectivity index (χ1n) is 41.7. The van der Waals surface area contributed by atoms with Crippen LogP contribution < -0.4 is 39.6 Å². The van der Waals surface area contributed by atoms with Crippen molar-refractivity contribution >= 4 is 47.5 Å². The highest BCUT2D eigenvalue weighted by molar-refractivity contribution is 6.11. The summed E-state index contributed by atoms with van der Waals surface area (Å²) in [5.41, 5.74) is 32.0. The Morgan fingerprint density at radius 3 is 0.941 bits per heavy atom. The summed E-state index contributed by atoms with van der Waals surface area (Å²) in [6.07, 6.45) is 25.4. The number of guanidine groups is 4. The molecule has 4 aliphatic heterocycles. The Morgan fingerprint density at radius 2 is 0.647 bits per heavy atom. The Kier molecular flexibility index (Phi) is 20.0. The van der Waals surface area contributed by atoms with E-state index < -0.39 is 22.2 Å². The van der Waals surface area contributed by atoms with Crippen molar-refractivity contribution in [3.05, 3.63) is 203 Å². The summed E-state index contributed by atoms with van der Waals surface area (Å²) in [5, 5.41) is 4.15. The van der Waals surface area contributed by atoms with Crippen LogP contribution >= 0.6 is 0 Å². The summed E-state index contributed by atoms with van der Waals surface area (Å²) >= 11 is 0. The third-order valence-corrected chi connectivity index (χ3v) is 30.0. The number of rotatable bonds is 8. The van der Waals surface area contributed by atoms with Gasteiger partial charge in [-0.25, -0.2) is 29.0 Å². The number of fused-ring (bicyclic) bond motifs is 12. The Bertz CT molecular complexity index is 5470. The first kappa shape index (κ1) is 80.6. The van der Waals surface area contributed by atoms with Gasteiger partial charge in [-0.05, 0) is 256 Å². The molecule has 5 fully saturated rings. The molecule has 28 heteroatoms. The van der Waals surface area contributed by atoms with Crippen molar-refractivity contribution in [3.63, 3.8) is 0 Å². The molecule has 13 aliphatic rings. The van der Waals surface area contributed by atoms with E-state index in [9.17, 15) is 38.0 Å². The highest BCUT2D eigenvalue weighted by Gasteiger charge is 2.71. The van der Waals surface area contributed by atoms with Crippen molar-refractivity contribution in [1.29, 1.82) is 0 Å². The molecule has 7 heterocycles. The number of amides is 4. The molecule has 624 valence electrons. The van der Waals surface area contributed by atoms with Gasteiger partial charge in [-0.3, -0.25) is 53.2 Å². The number of hydrogen-bond acceptors (Lipinski definition) is 20. The largest absolute Gasteiger partial charge is 0.381 e. The van der Waals surface area contributed by atoms with Crippen molar-refractivity contribution in [1.82, 2.24) is 38.5 Å². The number of carbonyl (C=O) groups excluding carboxylic acids is 4. The first-order valence-corrected chi connectivity index (χ1v) is 41.7. The number of hydrogen-bond donors (Lipinski definition) is 4. The number of nitrogens with zero attached hydrogens (tertiary/aromatic N) is 12. The average molecular weight is 1620 g/mol. The van der Waals surface area contributed by atoms with Gasteiger partial charge < -0.3 is 51.0 Å². The molecule has 27 nitrogen and oxygen atoms in total. The van der Waals surface area contributed by atoms with E-state index in [1.54, 1.807) is 112 Å². The fraction of sp³-hybridized carbons (Fsp3) is 0.495. The van der Waals surface area contributed by atoms with Gasteiger partial charge in [0, 0.05) is 135 Å². The minimum Gasteiger partial charge on any atom is -0.381 e. The summed E-state index contributed by atoms with van der Waals surface area (Å²) < 4.78 is 40.9. The van der Waals surface area contributed by atoms with Crippen LogP contribution in [0.5, 0.6) is 0 Å². The van der Waals surface area contributed by atoms with Crippen LogP contribution in [-0.4, -0.2) is 167 Å². The number of nitrogens with two attached hydrogens (primary N) is 4. The fourth-order valence-electron chi connectivity index (χ4n) is 22.9. The lowest BCUT2D eigenvalue weighted by Crippen LogP contribution is -2.51. The van der Waals surface area contributed by atoms with Gasteiger partial charge in [-0.2, -0.15) is 5.10 Å². The van der Waals surface area contributed by atoms with Gasteiger partial charge in [0.1, 0.15) is 5.82 Å². The maximum atomic E-state index is 14.0. The summed E-state index contributed by atoms with van der Waals surface area (Å²) in [4.78, 5) is 117. The highest BCUT2D eigenvalue weighted by Crippen LogP contribution is 2.67. The zero-order chi connectivity index (χ0) is 84.0. The molecule has 5 saturated carbocycles. The number of carbonyl (C=O) groups is 4. The molecule has 0 radical (unpaired) electrons. The molecular weight excluding hydrogens is 1510 g/mol. The van der Waals surface area contributed by atoms with Crippen molar-refractivity contribution < 1.29 is 42.5 Å². The normalized spacial score (nSPS) is 31.1. The van der Waals surface area contributed by atoms with Gasteiger partial charge in [-0.15, -0.1) is 0 Å². The lowest BCUT2D eigenvalue weighted by atomic mass is 9.61. The number of ether oxygens (including phenoxy) is 4. The molecule has 0 saturated heterocycles. The number of benzene rings is 4. The molecule has 3 aromatic heterocycles. The second-order valence-electron chi connectivity index (χ2n) is 35.6. The van der Waals surface area contributed by atoms with Crippen LogP contribution in [0.25, 0.3) is 33.4 Å². The summed E-state index contributed by atoms with van der Waals surface area (Å²) in [6.45, 7) is 0. The quantitative estimate of drug-likeness (QED) is 0.111. The van der Waals surface area contributed by atoms with Gasteiger partial charge in [0.2, 0.25) is 0 Å². The number of aliphatic imine (C=N–C) groups is 4. The number of halogens is 1. The second-order valence-corrected chi connectivity index (χ2v) is 35.6. The predicted octanol–water partition coefficient (Wildman–Crippen LogP) is 8.63. The highest BCUT2D eigenvalue weighted by atomic mass is 19.1. The van der Waals surface area contributed by atoms with E-state index in [1.807, 2.05) is 41.1 Å². The fourth-order valence-corrected chi connectivity index (χ4v) is 22.9. The molecule has 4 atom stereocenters. The van der Waals surface area contributed by atoms with Crippen molar-refractivity contribution in [2.75, 3.05) is 56.6 Å². The Labute approximate surface area is 690 Å². The Hall–Kier alpha value is -10.8. The molecule has 8 spiro atoms. The monoisotopic (exact) mass is 1620 g/mol. The number of pyridine rings is 2. The first-order chi connectivity index (χ1) is 56.9. The van der Waals surface area contributed by atoms with Crippen LogP contribution in [0.15, 0.2) is 156 Å². The predicted molar refractivity (Wildman–Crippen MR) is 449 cm³/mol. The van der Waals surface area contributed by atoms with E-state index >= 15 is 0 Å². The molecule has 119 heavy (non-hydrogen) atoms. The van der Waals surface area contributed by atoms with Crippen LogP contribution in [0, 0.1) is 27.5 Å². The molecule has 4 amide bonds. The van der Waals surface area contributed by atoms with Crippen LogP contribution in [0.3, 0.4) is 0 Å². The molecule has 7 aromatic rings.